The molecule has 0 radical (unpaired) electrons. The highest BCUT2D eigenvalue weighted by Gasteiger charge is 2.29. The Balaban J connectivity index is 1.73. The van der Waals surface area contributed by atoms with Crippen molar-refractivity contribution in [3.05, 3.63) is 35.9 Å². The number of aryl methyl sites for hydroxylation is 1. The molecule has 1 fully saturated rings. The molecule has 0 spiro atoms. The van der Waals surface area contributed by atoms with E-state index in [9.17, 15) is 8.42 Å². The molecule has 1 aliphatic rings. The number of sulfone groups is 1. The van der Waals surface area contributed by atoms with E-state index in [1.165, 1.54) is 5.56 Å². The van der Waals surface area contributed by atoms with Crippen molar-refractivity contribution in [3.63, 3.8) is 0 Å². The normalized spacial score (nSPS) is 22.8. The average molecular weight is 295 g/mol. The van der Waals surface area contributed by atoms with E-state index >= 15 is 0 Å². The summed E-state index contributed by atoms with van der Waals surface area (Å²) in [5, 5.41) is 3.35. The minimum Gasteiger partial charge on any atom is -0.317 e. The summed E-state index contributed by atoms with van der Waals surface area (Å²) in [4.78, 5) is 0. The van der Waals surface area contributed by atoms with Crippen LogP contribution in [0.25, 0.3) is 0 Å². The number of nitrogens with one attached hydrogen (secondary N) is 1. The predicted octanol–water partition coefficient (Wildman–Crippen LogP) is 2.42. The third-order valence-corrected chi connectivity index (χ3v) is 6.05. The van der Waals surface area contributed by atoms with Crippen LogP contribution in [0, 0.1) is 5.92 Å². The van der Waals surface area contributed by atoms with Gasteiger partial charge in [0.05, 0.1) is 11.5 Å². The van der Waals surface area contributed by atoms with Crippen LogP contribution in [0.1, 0.15) is 31.2 Å². The second-order valence-corrected chi connectivity index (χ2v) is 8.10. The smallest absolute Gasteiger partial charge is 0.150 e. The van der Waals surface area contributed by atoms with Gasteiger partial charge in [-0.15, -0.1) is 0 Å². The molecule has 1 aromatic rings. The van der Waals surface area contributed by atoms with Gasteiger partial charge in [-0.1, -0.05) is 30.3 Å². The molecule has 0 bridgehead atoms. The lowest BCUT2D eigenvalue weighted by molar-refractivity contribution is 0.400. The lowest BCUT2D eigenvalue weighted by atomic mass is 9.95. The lowest BCUT2D eigenvalue weighted by Crippen LogP contribution is -2.28. The van der Waals surface area contributed by atoms with E-state index in [1.54, 1.807) is 0 Å². The van der Waals surface area contributed by atoms with Gasteiger partial charge in [-0.25, -0.2) is 8.42 Å². The fourth-order valence-electron chi connectivity index (χ4n) is 3.04. The molecule has 4 heteroatoms. The Labute approximate surface area is 122 Å². The van der Waals surface area contributed by atoms with E-state index in [4.69, 9.17) is 0 Å². The molecule has 112 valence electrons. The molecule has 0 amide bonds. The second-order valence-electron chi connectivity index (χ2n) is 5.87. The van der Waals surface area contributed by atoms with Crippen molar-refractivity contribution >= 4 is 9.84 Å². The molecule has 0 aromatic heterocycles. The zero-order valence-corrected chi connectivity index (χ0v) is 13.0. The summed E-state index contributed by atoms with van der Waals surface area (Å²) in [6.45, 7) is 0. The minimum absolute atomic E-state index is 0.356. The zero-order valence-electron chi connectivity index (χ0n) is 12.2. The Morgan fingerprint density at radius 3 is 2.65 bits per heavy atom. The van der Waals surface area contributed by atoms with Crippen LogP contribution in [0.2, 0.25) is 0 Å². The molecule has 2 unspecified atom stereocenters. The Hall–Kier alpha value is -0.870. The van der Waals surface area contributed by atoms with Crippen LogP contribution in [0.5, 0.6) is 0 Å². The first-order valence-electron chi connectivity index (χ1n) is 7.50. The number of benzene rings is 1. The van der Waals surface area contributed by atoms with Gasteiger partial charge in [0.15, 0.2) is 9.84 Å². The summed E-state index contributed by atoms with van der Waals surface area (Å²) < 4.78 is 23.0. The van der Waals surface area contributed by atoms with Gasteiger partial charge in [-0.2, -0.15) is 0 Å². The van der Waals surface area contributed by atoms with Crippen molar-refractivity contribution in [2.24, 2.45) is 5.92 Å². The van der Waals surface area contributed by atoms with Crippen molar-refractivity contribution in [2.45, 2.75) is 38.1 Å². The fraction of sp³-hybridized carbons (Fsp3) is 0.625. The first-order valence-corrected chi connectivity index (χ1v) is 9.33. The van der Waals surface area contributed by atoms with Crippen LogP contribution < -0.4 is 5.32 Å². The predicted molar refractivity (Wildman–Crippen MR) is 83.6 cm³/mol. The van der Waals surface area contributed by atoms with E-state index < -0.39 is 9.84 Å². The number of hydrogen-bond acceptors (Lipinski definition) is 3. The van der Waals surface area contributed by atoms with Gasteiger partial charge >= 0.3 is 0 Å². The molecule has 1 aliphatic heterocycles. The highest BCUT2D eigenvalue weighted by Crippen LogP contribution is 2.24. The Morgan fingerprint density at radius 1 is 1.30 bits per heavy atom. The summed E-state index contributed by atoms with van der Waals surface area (Å²) >= 11 is 0. The summed E-state index contributed by atoms with van der Waals surface area (Å²) in [6.07, 6.45) is 5.20. The van der Waals surface area contributed by atoms with E-state index in [0.717, 1.165) is 32.1 Å². The molecule has 0 saturated carbocycles. The molecular weight excluding hydrogens is 270 g/mol. The van der Waals surface area contributed by atoms with E-state index in [0.29, 0.717) is 23.5 Å². The van der Waals surface area contributed by atoms with Crippen LogP contribution in [-0.4, -0.2) is 33.0 Å². The second kappa shape index (κ2) is 7.23. The highest BCUT2D eigenvalue weighted by atomic mass is 32.2. The largest absolute Gasteiger partial charge is 0.317 e. The quantitative estimate of drug-likeness (QED) is 0.840. The van der Waals surface area contributed by atoms with Crippen LogP contribution in [0.15, 0.2) is 30.3 Å². The highest BCUT2D eigenvalue weighted by molar-refractivity contribution is 7.91. The summed E-state index contributed by atoms with van der Waals surface area (Å²) in [5.41, 5.74) is 1.38. The Morgan fingerprint density at radius 2 is 2.05 bits per heavy atom. The Kier molecular flexibility index (Phi) is 5.61. The summed E-state index contributed by atoms with van der Waals surface area (Å²) in [7, 11) is -0.758. The maximum atomic E-state index is 11.5. The number of hydrogen-bond donors (Lipinski definition) is 1. The third kappa shape index (κ3) is 4.91. The molecule has 2 atom stereocenters. The molecular formula is C16H25NO2S. The third-order valence-electron chi connectivity index (χ3n) is 4.21. The van der Waals surface area contributed by atoms with Crippen molar-refractivity contribution in [2.75, 3.05) is 18.6 Å². The molecule has 1 aromatic carbocycles. The number of rotatable bonds is 7. The molecule has 2 rings (SSSR count). The van der Waals surface area contributed by atoms with Crippen molar-refractivity contribution in [1.29, 1.82) is 0 Å². The Bertz CT molecular complexity index is 498. The van der Waals surface area contributed by atoms with Crippen LogP contribution >= 0.6 is 0 Å². The van der Waals surface area contributed by atoms with Gasteiger partial charge < -0.3 is 5.32 Å². The van der Waals surface area contributed by atoms with Crippen LogP contribution in [0.3, 0.4) is 0 Å². The molecule has 1 N–H and O–H groups in total. The fourth-order valence-corrected chi connectivity index (χ4v) is 4.92. The lowest BCUT2D eigenvalue weighted by Gasteiger charge is -2.19. The molecule has 1 heterocycles. The van der Waals surface area contributed by atoms with Gasteiger partial charge in [0.2, 0.25) is 0 Å². The minimum atomic E-state index is -2.74. The van der Waals surface area contributed by atoms with Crippen molar-refractivity contribution in [3.8, 4) is 0 Å². The zero-order chi connectivity index (χ0) is 14.4. The van der Waals surface area contributed by atoms with Crippen LogP contribution in [-0.2, 0) is 16.3 Å². The van der Waals surface area contributed by atoms with Gasteiger partial charge in [-0.05, 0) is 50.6 Å². The first kappa shape index (κ1) is 15.5. The summed E-state index contributed by atoms with van der Waals surface area (Å²) in [5.74, 6) is 1.14. The first-order chi connectivity index (χ1) is 9.59. The van der Waals surface area contributed by atoms with E-state index in [2.05, 4.69) is 29.6 Å². The molecule has 1 saturated heterocycles. The van der Waals surface area contributed by atoms with Gasteiger partial charge in [0.1, 0.15) is 0 Å². The molecule has 3 nitrogen and oxygen atoms in total. The standard InChI is InChI=1S/C16H25NO2S/c1-17-16(12-15-10-11-20(18,19)13-15)9-5-8-14-6-3-2-4-7-14/h2-4,6-7,15-17H,5,8-13H2,1H3. The SMILES string of the molecule is CNC(CCCc1ccccc1)CC1CCS(=O)(=O)C1. The van der Waals surface area contributed by atoms with E-state index in [1.807, 2.05) is 13.1 Å². The maximum Gasteiger partial charge on any atom is 0.150 e. The van der Waals surface area contributed by atoms with Crippen LogP contribution in [0.4, 0.5) is 0 Å². The molecule has 20 heavy (non-hydrogen) atoms. The van der Waals surface area contributed by atoms with E-state index in [-0.39, 0.29) is 0 Å². The van der Waals surface area contributed by atoms with Crippen molar-refractivity contribution < 1.29 is 8.42 Å². The average Bonchev–Trinajstić information content (AvgIpc) is 2.78. The topological polar surface area (TPSA) is 46.2 Å². The summed E-state index contributed by atoms with van der Waals surface area (Å²) in [6, 6.07) is 11.0. The van der Waals surface area contributed by atoms with Gasteiger partial charge in [-0.3, -0.25) is 0 Å². The monoisotopic (exact) mass is 295 g/mol. The molecule has 0 aliphatic carbocycles. The van der Waals surface area contributed by atoms with Crippen molar-refractivity contribution in [1.82, 2.24) is 5.32 Å². The maximum absolute atomic E-state index is 11.5. The van der Waals surface area contributed by atoms with Gasteiger partial charge in [0.25, 0.3) is 0 Å². The van der Waals surface area contributed by atoms with Gasteiger partial charge in [0, 0.05) is 6.04 Å².